The molecule has 0 spiro atoms. The molecule has 3 nitrogen and oxygen atoms in total. The fraction of sp³-hybridized carbons (Fsp3) is 0.182. The molecule has 1 rings (SSSR count). The number of hydrogen-bond donors (Lipinski definition) is 0. The van der Waals surface area contributed by atoms with E-state index in [1.54, 1.807) is 0 Å². The Bertz CT molecular complexity index is 656. The summed E-state index contributed by atoms with van der Waals surface area (Å²) in [6.07, 6.45) is -6.25. The van der Waals surface area contributed by atoms with Crippen molar-refractivity contribution in [1.82, 2.24) is 0 Å². The van der Waals surface area contributed by atoms with Crippen LogP contribution in [0.5, 0.6) is 0 Å². The van der Waals surface area contributed by atoms with Crippen molar-refractivity contribution in [2.75, 3.05) is 0 Å². The SMILES string of the molecule is N#CCc1c(C#N)c(F)c(C#N)c(F)c1C(F)(F)F. The molecule has 0 aliphatic carbocycles. The van der Waals surface area contributed by atoms with Crippen molar-refractivity contribution in [3.05, 3.63) is 33.9 Å². The molecule has 8 heteroatoms. The fourth-order valence-electron chi connectivity index (χ4n) is 1.50. The average molecular weight is 271 g/mol. The first-order valence-electron chi connectivity index (χ1n) is 4.57. The van der Waals surface area contributed by atoms with Crippen molar-refractivity contribution in [3.63, 3.8) is 0 Å². The maximum absolute atomic E-state index is 13.5. The molecule has 0 aliphatic heterocycles. The second-order valence-electron chi connectivity index (χ2n) is 3.29. The lowest BCUT2D eigenvalue weighted by Gasteiger charge is -2.15. The summed E-state index contributed by atoms with van der Waals surface area (Å²) in [5.41, 5.74) is -5.70. The highest BCUT2D eigenvalue weighted by Gasteiger charge is 2.41. The van der Waals surface area contributed by atoms with E-state index in [4.69, 9.17) is 15.8 Å². The van der Waals surface area contributed by atoms with Gasteiger partial charge in [0, 0.05) is 5.56 Å². The normalized spacial score (nSPS) is 10.4. The summed E-state index contributed by atoms with van der Waals surface area (Å²) in [7, 11) is 0. The summed E-state index contributed by atoms with van der Waals surface area (Å²) in [4.78, 5) is 0. The van der Waals surface area contributed by atoms with E-state index in [1.807, 2.05) is 0 Å². The van der Waals surface area contributed by atoms with Gasteiger partial charge in [-0.15, -0.1) is 0 Å². The standard InChI is InChI=1S/C11H2F5N3/c12-9-6(3-18)5(1-2-17)8(11(14,15)16)10(13)7(9)4-19/h1H2. The van der Waals surface area contributed by atoms with Gasteiger partial charge in [-0.2, -0.15) is 29.0 Å². The molecule has 0 atom stereocenters. The van der Waals surface area contributed by atoms with Gasteiger partial charge in [-0.25, -0.2) is 8.78 Å². The van der Waals surface area contributed by atoms with Crippen LogP contribution in [0, 0.1) is 45.6 Å². The highest BCUT2D eigenvalue weighted by atomic mass is 19.4. The van der Waals surface area contributed by atoms with Gasteiger partial charge in [0.15, 0.2) is 11.6 Å². The lowest BCUT2D eigenvalue weighted by Crippen LogP contribution is -2.17. The van der Waals surface area contributed by atoms with Crippen LogP contribution in [-0.4, -0.2) is 0 Å². The van der Waals surface area contributed by atoms with Crippen LogP contribution in [-0.2, 0) is 12.6 Å². The number of nitrogens with zero attached hydrogens (tertiary/aromatic N) is 3. The minimum atomic E-state index is -5.25. The van der Waals surface area contributed by atoms with E-state index in [2.05, 4.69) is 0 Å². The van der Waals surface area contributed by atoms with Gasteiger partial charge in [0.05, 0.1) is 23.6 Å². The Morgan fingerprint density at radius 3 is 1.79 bits per heavy atom. The minimum absolute atomic E-state index is 0.936. The molecule has 0 aliphatic rings. The van der Waals surface area contributed by atoms with Crippen LogP contribution in [0.3, 0.4) is 0 Å². The second kappa shape index (κ2) is 4.91. The molecule has 0 fully saturated rings. The number of rotatable bonds is 1. The Kier molecular flexibility index (Phi) is 3.72. The zero-order chi connectivity index (χ0) is 14.8. The van der Waals surface area contributed by atoms with Gasteiger partial charge in [-0.1, -0.05) is 0 Å². The van der Waals surface area contributed by atoms with Gasteiger partial charge in [0.2, 0.25) is 0 Å². The van der Waals surface area contributed by atoms with Crippen LogP contribution >= 0.6 is 0 Å². The smallest absolute Gasteiger partial charge is 0.205 e. The predicted octanol–water partition coefficient (Wildman–Crippen LogP) is 2.79. The zero-order valence-electron chi connectivity index (χ0n) is 8.94. The number of alkyl halides is 3. The molecule has 1 aromatic rings. The summed E-state index contributed by atoms with van der Waals surface area (Å²) in [5.74, 6) is -3.81. The summed E-state index contributed by atoms with van der Waals surface area (Å²) >= 11 is 0. The number of hydrogen-bond acceptors (Lipinski definition) is 3. The van der Waals surface area contributed by atoms with Crippen molar-refractivity contribution in [2.24, 2.45) is 0 Å². The average Bonchev–Trinajstić information content (AvgIpc) is 2.28. The van der Waals surface area contributed by atoms with Crippen molar-refractivity contribution in [1.29, 1.82) is 15.8 Å². The molecule has 96 valence electrons. The maximum atomic E-state index is 13.5. The molecule has 1 aromatic carbocycles. The van der Waals surface area contributed by atoms with Crippen LogP contribution in [0.15, 0.2) is 0 Å². The van der Waals surface area contributed by atoms with Gasteiger partial charge in [-0.3, -0.25) is 0 Å². The molecule has 0 unspecified atom stereocenters. The number of nitriles is 3. The van der Waals surface area contributed by atoms with Crippen molar-refractivity contribution < 1.29 is 22.0 Å². The second-order valence-corrected chi connectivity index (χ2v) is 3.29. The Labute approximate surface area is 103 Å². The predicted molar refractivity (Wildman–Crippen MR) is 50.1 cm³/mol. The molecule has 19 heavy (non-hydrogen) atoms. The monoisotopic (exact) mass is 271 g/mol. The lowest BCUT2D eigenvalue weighted by molar-refractivity contribution is -0.140. The van der Waals surface area contributed by atoms with E-state index in [0.29, 0.717) is 0 Å². The van der Waals surface area contributed by atoms with E-state index in [9.17, 15) is 22.0 Å². The summed E-state index contributed by atoms with van der Waals surface area (Å²) in [6, 6.07) is 3.35. The van der Waals surface area contributed by atoms with Crippen LogP contribution < -0.4 is 0 Å². The quantitative estimate of drug-likeness (QED) is 0.737. The number of benzene rings is 1. The maximum Gasteiger partial charge on any atom is 0.419 e. The first kappa shape index (κ1) is 14.4. The van der Waals surface area contributed by atoms with E-state index in [-0.39, 0.29) is 0 Å². The Hall–Kier alpha value is -2.66. The van der Waals surface area contributed by atoms with Gasteiger partial charge >= 0.3 is 6.18 Å². The van der Waals surface area contributed by atoms with Gasteiger partial charge in [-0.05, 0) is 0 Å². The third-order valence-corrected chi connectivity index (χ3v) is 2.24. The largest absolute Gasteiger partial charge is 0.419 e. The lowest BCUT2D eigenvalue weighted by atomic mass is 9.94. The molecule has 0 bridgehead atoms. The fourth-order valence-corrected chi connectivity index (χ4v) is 1.50. The molecule has 0 amide bonds. The highest BCUT2D eigenvalue weighted by Crippen LogP contribution is 2.38. The van der Waals surface area contributed by atoms with Gasteiger partial charge in [0.1, 0.15) is 17.7 Å². The van der Waals surface area contributed by atoms with Gasteiger partial charge < -0.3 is 0 Å². The van der Waals surface area contributed by atoms with E-state index < -0.39 is 46.5 Å². The third kappa shape index (κ3) is 2.31. The van der Waals surface area contributed by atoms with Crippen molar-refractivity contribution in [2.45, 2.75) is 12.6 Å². The number of halogens is 5. The van der Waals surface area contributed by atoms with Gasteiger partial charge in [0.25, 0.3) is 0 Å². The molecular formula is C11H2F5N3. The topological polar surface area (TPSA) is 71.4 Å². The molecular weight excluding hydrogens is 269 g/mol. The molecule has 0 saturated carbocycles. The summed E-state index contributed by atoms with van der Waals surface area (Å²) in [5, 5.41) is 25.5. The van der Waals surface area contributed by atoms with Crippen LogP contribution in [0.2, 0.25) is 0 Å². The highest BCUT2D eigenvalue weighted by molar-refractivity contribution is 5.53. The van der Waals surface area contributed by atoms with E-state index >= 15 is 0 Å². The minimum Gasteiger partial charge on any atom is -0.205 e. The zero-order valence-corrected chi connectivity index (χ0v) is 8.94. The van der Waals surface area contributed by atoms with Crippen molar-refractivity contribution >= 4 is 0 Å². The van der Waals surface area contributed by atoms with Crippen molar-refractivity contribution in [3.8, 4) is 18.2 Å². The Morgan fingerprint density at radius 1 is 0.895 bits per heavy atom. The third-order valence-electron chi connectivity index (χ3n) is 2.24. The molecule has 0 radical (unpaired) electrons. The first-order valence-corrected chi connectivity index (χ1v) is 4.57. The van der Waals surface area contributed by atoms with E-state index in [0.717, 1.165) is 12.1 Å². The molecule has 0 N–H and O–H groups in total. The summed E-state index contributed by atoms with van der Waals surface area (Å²) in [6.45, 7) is 0. The van der Waals surface area contributed by atoms with Crippen LogP contribution in [0.4, 0.5) is 22.0 Å². The molecule has 0 saturated heterocycles. The van der Waals surface area contributed by atoms with Crippen LogP contribution in [0.1, 0.15) is 22.3 Å². The molecule has 0 heterocycles. The van der Waals surface area contributed by atoms with Crippen LogP contribution in [0.25, 0.3) is 0 Å². The van der Waals surface area contributed by atoms with E-state index in [1.165, 1.54) is 6.07 Å². The Morgan fingerprint density at radius 2 is 1.42 bits per heavy atom. The molecule has 0 aromatic heterocycles. The summed E-state index contributed by atoms with van der Waals surface area (Å²) < 4.78 is 65.2. The Balaban J connectivity index is 3.96. The first-order chi connectivity index (χ1) is 8.79.